The highest BCUT2D eigenvalue weighted by molar-refractivity contribution is 5.92. The van der Waals surface area contributed by atoms with E-state index in [0.717, 1.165) is 19.5 Å². The molecule has 6 nitrogen and oxygen atoms in total. The van der Waals surface area contributed by atoms with E-state index in [1.165, 1.54) is 0 Å². The molecule has 6 heteroatoms. The average Bonchev–Trinajstić information content (AvgIpc) is 3.18. The van der Waals surface area contributed by atoms with Gasteiger partial charge >= 0.3 is 0 Å². The van der Waals surface area contributed by atoms with Crippen molar-refractivity contribution >= 4 is 5.91 Å². The summed E-state index contributed by atoms with van der Waals surface area (Å²) in [5, 5.41) is 7.39. The van der Waals surface area contributed by atoms with Gasteiger partial charge in [0.25, 0.3) is 5.91 Å². The molecule has 104 valence electrons. The van der Waals surface area contributed by atoms with Crippen LogP contribution in [0.3, 0.4) is 0 Å². The molecule has 0 aromatic carbocycles. The van der Waals surface area contributed by atoms with E-state index in [4.69, 9.17) is 0 Å². The molecule has 1 aliphatic heterocycles. The van der Waals surface area contributed by atoms with Crippen LogP contribution in [0.15, 0.2) is 36.7 Å². The van der Waals surface area contributed by atoms with Crippen molar-refractivity contribution in [3.8, 4) is 5.82 Å². The quantitative estimate of drug-likeness (QED) is 0.892. The van der Waals surface area contributed by atoms with Crippen LogP contribution in [0.1, 0.15) is 16.9 Å². The highest BCUT2D eigenvalue weighted by atomic mass is 16.2. The molecular weight excluding hydrogens is 254 g/mol. The van der Waals surface area contributed by atoms with E-state index < -0.39 is 0 Å². The minimum absolute atomic E-state index is 0.0484. The third kappa shape index (κ3) is 2.42. The number of nitrogens with one attached hydrogen (secondary N) is 1. The molecule has 2 aromatic rings. The molecule has 0 aliphatic carbocycles. The summed E-state index contributed by atoms with van der Waals surface area (Å²) in [6.45, 7) is 1.81. The zero-order valence-corrected chi connectivity index (χ0v) is 11.4. The predicted molar refractivity (Wildman–Crippen MR) is 74.7 cm³/mol. The molecule has 1 atom stereocenters. The van der Waals surface area contributed by atoms with Crippen molar-refractivity contribution in [3.63, 3.8) is 0 Å². The standard InChI is InChI=1S/C14H17N5O/c1-18(11-6-8-15-10-11)14(20)12-4-2-5-13(17-12)19-9-3-7-16-19/h2-5,7,9,11,15H,6,8,10H2,1H3. The second-order valence-corrected chi connectivity index (χ2v) is 4.89. The summed E-state index contributed by atoms with van der Waals surface area (Å²) in [7, 11) is 1.84. The van der Waals surface area contributed by atoms with E-state index in [2.05, 4.69) is 15.4 Å². The highest BCUT2D eigenvalue weighted by Gasteiger charge is 2.24. The van der Waals surface area contributed by atoms with Crippen LogP contribution in [0.25, 0.3) is 5.82 Å². The summed E-state index contributed by atoms with van der Waals surface area (Å²) in [5.41, 5.74) is 0.451. The van der Waals surface area contributed by atoms with Crippen LogP contribution in [-0.2, 0) is 0 Å². The Bertz CT molecular complexity index is 589. The van der Waals surface area contributed by atoms with E-state index in [1.807, 2.05) is 25.2 Å². The lowest BCUT2D eigenvalue weighted by Crippen LogP contribution is -2.38. The Balaban J connectivity index is 1.83. The predicted octanol–water partition coefficient (Wildman–Crippen LogP) is 0.701. The number of carbonyl (C=O) groups excluding carboxylic acids is 1. The Hall–Kier alpha value is -2.21. The van der Waals surface area contributed by atoms with Gasteiger partial charge < -0.3 is 10.2 Å². The Labute approximate surface area is 117 Å². The van der Waals surface area contributed by atoms with Crippen LogP contribution < -0.4 is 5.32 Å². The van der Waals surface area contributed by atoms with Gasteiger partial charge in [-0.1, -0.05) is 6.07 Å². The van der Waals surface area contributed by atoms with Gasteiger partial charge in [-0.2, -0.15) is 5.10 Å². The van der Waals surface area contributed by atoms with E-state index in [9.17, 15) is 4.79 Å². The van der Waals surface area contributed by atoms with Gasteiger partial charge in [0.1, 0.15) is 5.69 Å². The molecule has 1 unspecified atom stereocenters. The second kappa shape index (κ2) is 5.42. The lowest BCUT2D eigenvalue weighted by atomic mass is 10.2. The average molecular weight is 271 g/mol. The van der Waals surface area contributed by atoms with Gasteiger partial charge in [0.05, 0.1) is 0 Å². The first kappa shape index (κ1) is 12.8. The van der Waals surface area contributed by atoms with Crippen molar-refractivity contribution in [2.24, 2.45) is 0 Å². The molecule has 0 bridgehead atoms. The number of rotatable bonds is 3. The molecule has 0 spiro atoms. The summed E-state index contributed by atoms with van der Waals surface area (Å²) in [6.07, 6.45) is 4.48. The normalized spacial score (nSPS) is 18.1. The maximum Gasteiger partial charge on any atom is 0.272 e. The van der Waals surface area contributed by atoms with Crippen molar-refractivity contribution in [2.45, 2.75) is 12.5 Å². The molecular formula is C14H17N5O. The number of likely N-dealkylation sites (N-methyl/N-ethyl adjacent to an activating group) is 1. The van der Waals surface area contributed by atoms with Crippen LogP contribution in [-0.4, -0.2) is 51.8 Å². The van der Waals surface area contributed by atoms with Gasteiger partial charge in [0.2, 0.25) is 0 Å². The summed E-state index contributed by atoms with van der Waals surface area (Å²) >= 11 is 0. The Morgan fingerprint density at radius 2 is 2.35 bits per heavy atom. The number of amides is 1. The molecule has 1 aliphatic rings. The third-order valence-corrected chi connectivity index (χ3v) is 3.60. The monoisotopic (exact) mass is 271 g/mol. The van der Waals surface area contributed by atoms with Crippen molar-refractivity contribution in [3.05, 3.63) is 42.4 Å². The second-order valence-electron chi connectivity index (χ2n) is 4.89. The zero-order valence-electron chi connectivity index (χ0n) is 11.4. The van der Waals surface area contributed by atoms with Crippen LogP contribution in [0, 0.1) is 0 Å². The molecule has 3 heterocycles. The summed E-state index contributed by atoms with van der Waals surface area (Å²) in [4.78, 5) is 18.6. The molecule has 1 N–H and O–H groups in total. The first-order valence-electron chi connectivity index (χ1n) is 6.70. The van der Waals surface area contributed by atoms with Gasteiger partial charge in [-0.05, 0) is 31.2 Å². The van der Waals surface area contributed by atoms with Crippen molar-refractivity contribution in [1.29, 1.82) is 0 Å². The zero-order chi connectivity index (χ0) is 13.9. The lowest BCUT2D eigenvalue weighted by molar-refractivity contribution is 0.0738. The smallest absolute Gasteiger partial charge is 0.272 e. The molecule has 20 heavy (non-hydrogen) atoms. The molecule has 1 saturated heterocycles. The van der Waals surface area contributed by atoms with Crippen LogP contribution in [0.2, 0.25) is 0 Å². The maximum atomic E-state index is 12.5. The molecule has 0 saturated carbocycles. The Morgan fingerprint density at radius 1 is 1.45 bits per heavy atom. The van der Waals surface area contributed by atoms with E-state index >= 15 is 0 Å². The number of hydrogen-bond donors (Lipinski definition) is 1. The first-order chi connectivity index (χ1) is 9.75. The maximum absolute atomic E-state index is 12.5. The minimum Gasteiger partial charge on any atom is -0.336 e. The summed E-state index contributed by atoms with van der Waals surface area (Å²) in [5.74, 6) is 0.603. The lowest BCUT2D eigenvalue weighted by Gasteiger charge is -2.23. The minimum atomic E-state index is -0.0484. The Kier molecular flexibility index (Phi) is 3.47. The van der Waals surface area contributed by atoms with Gasteiger partial charge in [-0.15, -0.1) is 0 Å². The van der Waals surface area contributed by atoms with E-state index in [1.54, 1.807) is 28.0 Å². The number of nitrogens with zero attached hydrogens (tertiary/aromatic N) is 4. The fraction of sp³-hybridized carbons (Fsp3) is 0.357. The third-order valence-electron chi connectivity index (χ3n) is 3.60. The first-order valence-corrected chi connectivity index (χ1v) is 6.70. The van der Waals surface area contributed by atoms with Crippen molar-refractivity contribution in [1.82, 2.24) is 25.0 Å². The number of carbonyl (C=O) groups is 1. The van der Waals surface area contributed by atoms with Crippen LogP contribution >= 0.6 is 0 Å². The van der Waals surface area contributed by atoms with Gasteiger partial charge in [-0.3, -0.25) is 4.79 Å². The van der Waals surface area contributed by atoms with Crippen molar-refractivity contribution in [2.75, 3.05) is 20.1 Å². The van der Waals surface area contributed by atoms with Crippen molar-refractivity contribution < 1.29 is 4.79 Å². The molecule has 0 radical (unpaired) electrons. The summed E-state index contributed by atoms with van der Waals surface area (Å²) in [6, 6.07) is 7.48. The number of hydrogen-bond acceptors (Lipinski definition) is 4. The number of pyridine rings is 1. The van der Waals surface area contributed by atoms with E-state index in [-0.39, 0.29) is 11.9 Å². The SMILES string of the molecule is CN(C(=O)c1cccc(-n2cccn2)n1)C1CCNC1. The largest absolute Gasteiger partial charge is 0.336 e. The molecule has 1 amide bonds. The molecule has 3 rings (SSSR count). The topological polar surface area (TPSA) is 63.1 Å². The fourth-order valence-corrected chi connectivity index (χ4v) is 2.39. The Morgan fingerprint density at radius 3 is 3.05 bits per heavy atom. The molecule has 1 fully saturated rings. The van der Waals surface area contributed by atoms with Gasteiger partial charge in [-0.25, -0.2) is 9.67 Å². The van der Waals surface area contributed by atoms with Gasteiger partial charge in [0, 0.05) is 32.0 Å². The van der Waals surface area contributed by atoms with Crippen LogP contribution in [0.5, 0.6) is 0 Å². The van der Waals surface area contributed by atoms with E-state index in [0.29, 0.717) is 11.5 Å². The van der Waals surface area contributed by atoms with Gasteiger partial charge in [0.15, 0.2) is 5.82 Å². The highest BCUT2D eigenvalue weighted by Crippen LogP contribution is 2.11. The summed E-state index contributed by atoms with van der Waals surface area (Å²) < 4.78 is 1.65. The van der Waals surface area contributed by atoms with Crippen LogP contribution in [0.4, 0.5) is 0 Å². The fourth-order valence-electron chi connectivity index (χ4n) is 2.39. The molecule has 2 aromatic heterocycles. The number of aromatic nitrogens is 3.